The summed E-state index contributed by atoms with van der Waals surface area (Å²) in [4.78, 5) is 35.1. The van der Waals surface area contributed by atoms with E-state index in [4.69, 9.17) is 11.2 Å². The number of halogens is 2. The van der Waals surface area contributed by atoms with Crippen molar-refractivity contribution in [2.24, 2.45) is 0 Å². The van der Waals surface area contributed by atoms with Crippen molar-refractivity contribution < 1.29 is 23.1 Å². The van der Waals surface area contributed by atoms with Gasteiger partial charge >= 0.3 is 6.09 Å². The summed E-state index contributed by atoms with van der Waals surface area (Å²) in [5, 5.41) is 5.57. The van der Waals surface area contributed by atoms with Crippen molar-refractivity contribution in [3.8, 4) is 12.3 Å². The van der Waals surface area contributed by atoms with Gasteiger partial charge < -0.3 is 20.3 Å². The summed E-state index contributed by atoms with van der Waals surface area (Å²) in [5.41, 5.74) is 0.464. The van der Waals surface area contributed by atoms with E-state index in [0.717, 1.165) is 4.90 Å². The van der Waals surface area contributed by atoms with E-state index >= 15 is 0 Å². The van der Waals surface area contributed by atoms with E-state index in [1.807, 2.05) is 0 Å². The maximum atomic E-state index is 14.3. The topological polar surface area (TPSA) is 96.5 Å². The van der Waals surface area contributed by atoms with Crippen LogP contribution in [-0.4, -0.2) is 57.5 Å². The Labute approximate surface area is 203 Å². The standard InChI is InChI=1S/C25H29F2N5O3/c1-6-17-10-12-28-20(13-17)30-19-8-7-16(2)21(31-19)22(33)32-15-25(26,27)11-9-18(32)14-29-23(34)35-24(3,4)5/h1,7-8,10,12-13,18H,9,11,14-15H2,2-5H3,(H,29,34)(H,28,30,31)/t18-/m1/s1. The summed E-state index contributed by atoms with van der Waals surface area (Å²) in [6.07, 6.45) is 5.92. The summed E-state index contributed by atoms with van der Waals surface area (Å²) in [5.74, 6) is -0.436. The molecule has 10 heteroatoms. The highest BCUT2D eigenvalue weighted by Crippen LogP contribution is 2.31. The van der Waals surface area contributed by atoms with Crippen molar-refractivity contribution >= 4 is 23.6 Å². The molecule has 3 rings (SSSR count). The van der Waals surface area contributed by atoms with Gasteiger partial charge in [-0.3, -0.25) is 4.79 Å². The SMILES string of the molecule is C#Cc1ccnc(Nc2ccc(C)c(C(=O)N3CC(F)(F)CC[C@@H]3CNC(=O)OC(C)(C)C)n2)c1. The van der Waals surface area contributed by atoms with Crippen LogP contribution in [0.15, 0.2) is 30.5 Å². The number of carbonyl (C=O) groups excluding carboxylic acids is 2. The van der Waals surface area contributed by atoms with E-state index in [-0.39, 0.29) is 25.1 Å². The van der Waals surface area contributed by atoms with Gasteiger partial charge in [-0.25, -0.2) is 23.5 Å². The van der Waals surface area contributed by atoms with Crippen LogP contribution in [0.4, 0.5) is 25.2 Å². The van der Waals surface area contributed by atoms with Crippen molar-refractivity contribution in [3.05, 3.63) is 47.3 Å². The fourth-order valence-corrected chi connectivity index (χ4v) is 3.63. The monoisotopic (exact) mass is 485 g/mol. The van der Waals surface area contributed by atoms with Gasteiger partial charge in [0.1, 0.15) is 22.9 Å². The summed E-state index contributed by atoms with van der Waals surface area (Å²) in [7, 11) is 0. The number of amides is 2. The minimum atomic E-state index is -3.04. The van der Waals surface area contributed by atoms with Gasteiger partial charge in [0.15, 0.2) is 0 Å². The van der Waals surface area contributed by atoms with Crippen LogP contribution in [0.2, 0.25) is 0 Å². The lowest BCUT2D eigenvalue weighted by molar-refractivity contribution is -0.0718. The third kappa shape index (κ3) is 7.12. The summed E-state index contributed by atoms with van der Waals surface area (Å²) >= 11 is 0. The fourth-order valence-electron chi connectivity index (χ4n) is 3.63. The van der Waals surface area contributed by atoms with E-state index in [1.165, 1.54) is 6.20 Å². The molecule has 0 radical (unpaired) electrons. The number of aromatic nitrogens is 2. The molecular weight excluding hydrogens is 456 g/mol. The van der Waals surface area contributed by atoms with Crippen LogP contribution >= 0.6 is 0 Å². The fraction of sp³-hybridized carbons (Fsp3) is 0.440. The number of nitrogens with zero attached hydrogens (tertiary/aromatic N) is 3. The smallest absolute Gasteiger partial charge is 0.407 e. The highest BCUT2D eigenvalue weighted by atomic mass is 19.3. The Morgan fingerprint density at radius 3 is 2.71 bits per heavy atom. The van der Waals surface area contributed by atoms with Crippen LogP contribution in [0.3, 0.4) is 0 Å². The van der Waals surface area contributed by atoms with Gasteiger partial charge in [0.2, 0.25) is 0 Å². The molecule has 0 unspecified atom stereocenters. The number of ether oxygens (including phenoxy) is 1. The normalized spacial score (nSPS) is 17.3. The molecule has 0 aliphatic carbocycles. The molecule has 2 aromatic rings. The Bertz CT molecular complexity index is 1140. The Balaban J connectivity index is 1.81. The Kier molecular flexibility index (Phi) is 7.58. The van der Waals surface area contributed by atoms with Gasteiger partial charge in [0.25, 0.3) is 11.8 Å². The van der Waals surface area contributed by atoms with E-state index in [0.29, 0.717) is 22.8 Å². The van der Waals surface area contributed by atoms with Crippen LogP contribution in [0.25, 0.3) is 0 Å². The Morgan fingerprint density at radius 2 is 2.03 bits per heavy atom. The van der Waals surface area contributed by atoms with E-state index in [2.05, 4.69) is 26.5 Å². The maximum Gasteiger partial charge on any atom is 0.407 e. The lowest BCUT2D eigenvalue weighted by Crippen LogP contribution is -2.55. The number of hydrogen-bond donors (Lipinski definition) is 2. The minimum Gasteiger partial charge on any atom is -0.444 e. The first kappa shape index (κ1) is 25.9. The number of pyridine rings is 2. The number of anilines is 2. The number of alkyl carbamates (subject to hydrolysis) is 1. The number of hydrogen-bond acceptors (Lipinski definition) is 6. The average Bonchev–Trinajstić information content (AvgIpc) is 2.77. The average molecular weight is 486 g/mol. The number of piperidine rings is 1. The van der Waals surface area contributed by atoms with E-state index < -0.39 is 36.1 Å². The predicted octanol–water partition coefficient (Wildman–Crippen LogP) is 4.27. The van der Waals surface area contributed by atoms with Crippen LogP contribution in [-0.2, 0) is 4.74 Å². The summed E-state index contributed by atoms with van der Waals surface area (Å²) in [6, 6.07) is 6.00. The van der Waals surface area contributed by atoms with Gasteiger partial charge in [0, 0.05) is 24.7 Å². The van der Waals surface area contributed by atoms with E-state index in [9.17, 15) is 18.4 Å². The highest BCUT2D eigenvalue weighted by Gasteiger charge is 2.43. The number of carbonyl (C=O) groups is 2. The van der Waals surface area contributed by atoms with Crippen LogP contribution in [0.1, 0.15) is 55.2 Å². The zero-order valence-corrected chi connectivity index (χ0v) is 20.2. The Hall–Kier alpha value is -3.74. The number of aryl methyl sites for hydroxylation is 1. The predicted molar refractivity (Wildman–Crippen MR) is 128 cm³/mol. The molecule has 2 N–H and O–H groups in total. The molecule has 0 spiro atoms. The molecule has 2 amide bonds. The zero-order chi connectivity index (χ0) is 25.8. The molecule has 1 atom stereocenters. The number of terminal acetylenes is 1. The van der Waals surface area contributed by atoms with Gasteiger partial charge in [0.05, 0.1) is 12.6 Å². The van der Waals surface area contributed by atoms with Crippen LogP contribution < -0.4 is 10.6 Å². The second-order valence-electron chi connectivity index (χ2n) is 9.43. The van der Waals surface area contributed by atoms with E-state index in [1.54, 1.807) is 52.0 Å². The molecule has 0 aromatic carbocycles. The van der Waals surface area contributed by atoms with Gasteiger partial charge in [-0.15, -0.1) is 6.42 Å². The summed E-state index contributed by atoms with van der Waals surface area (Å²) in [6.45, 7) is 6.05. The number of nitrogens with one attached hydrogen (secondary N) is 2. The quantitative estimate of drug-likeness (QED) is 0.614. The first-order chi connectivity index (χ1) is 16.4. The minimum absolute atomic E-state index is 0.0173. The second-order valence-corrected chi connectivity index (χ2v) is 9.43. The maximum absolute atomic E-state index is 14.3. The molecule has 8 nitrogen and oxygen atoms in total. The lowest BCUT2D eigenvalue weighted by Gasteiger charge is -2.39. The zero-order valence-electron chi connectivity index (χ0n) is 20.2. The molecular formula is C25H29F2N5O3. The largest absolute Gasteiger partial charge is 0.444 e. The third-order valence-corrected chi connectivity index (χ3v) is 5.31. The van der Waals surface area contributed by atoms with Crippen molar-refractivity contribution in [3.63, 3.8) is 0 Å². The van der Waals surface area contributed by atoms with Crippen molar-refractivity contribution in [2.45, 2.75) is 58.1 Å². The molecule has 0 saturated carbocycles. The first-order valence-electron chi connectivity index (χ1n) is 11.2. The first-order valence-corrected chi connectivity index (χ1v) is 11.2. The lowest BCUT2D eigenvalue weighted by atomic mass is 9.98. The summed E-state index contributed by atoms with van der Waals surface area (Å²) < 4.78 is 33.8. The van der Waals surface area contributed by atoms with Crippen LogP contribution in [0.5, 0.6) is 0 Å². The molecule has 186 valence electrons. The molecule has 1 fully saturated rings. The molecule has 2 aromatic heterocycles. The second kappa shape index (κ2) is 10.3. The number of likely N-dealkylation sites (tertiary alicyclic amines) is 1. The van der Waals surface area contributed by atoms with Crippen LogP contribution in [0, 0.1) is 19.3 Å². The molecule has 35 heavy (non-hydrogen) atoms. The van der Waals surface area contributed by atoms with Crippen molar-refractivity contribution in [1.29, 1.82) is 0 Å². The number of rotatable bonds is 5. The van der Waals surface area contributed by atoms with Gasteiger partial charge in [-0.2, -0.15) is 0 Å². The highest BCUT2D eigenvalue weighted by molar-refractivity contribution is 5.94. The molecule has 3 heterocycles. The van der Waals surface area contributed by atoms with Crippen molar-refractivity contribution in [2.75, 3.05) is 18.4 Å². The molecule has 1 aliphatic heterocycles. The molecule has 1 saturated heterocycles. The third-order valence-electron chi connectivity index (χ3n) is 5.31. The molecule has 1 aliphatic rings. The van der Waals surface area contributed by atoms with Gasteiger partial charge in [-0.1, -0.05) is 12.0 Å². The number of alkyl halides is 2. The van der Waals surface area contributed by atoms with Crippen molar-refractivity contribution in [1.82, 2.24) is 20.2 Å². The Morgan fingerprint density at radius 1 is 1.29 bits per heavy atom. The van der Waals surface area contributed by atoms with Gasteiger partial charge in [-0.05, 0) is 57.9 Å². The molecule has 0 bridgehead atoms.